The summed E-state index contributed by atoms with van der Waals surface area (Å²) in [5.74, 6) is 0.782. The molecule has 0 saturated carbocycles. The summed E-state index contributed by atoms with van der Waals surface area (Å²) in [5, 5.41) is 6.99. The van der Waals surface area contributed by atoms with Gasteiger partial charge >= 0.3 is 5.63 Å². The Balaban J connectivity index is 1.35. The van der Waals surface area contributed by atoms with Crippen LogP contribution in [0.2, 0.25) is 5.02 Å². The lowest BCUT2D eigenvalue weighted by molar-refractivity contribution is -0.115. The summed E-state index contributed by atoms with van der Waals surface area (Å²) in [6.07, 6.45) is 2.88. The van der Waals surface area contributed by atoms with E-state index < -0.39 is 11.5 Å². The van der Waals surface area contributed by atoms with Gasteiger partial charge < -0.3 is 14.2 Å². The number of furan rings is 1. The SMILES string of the molecule is O=C(C=Cc1ccc(-c2ccc(Cl)cc2)o1)NC(=S)Nc1ccc2oc(=O)ccc2c1. The van der Waals surface area contributed by atoms with Crippen LogP contribution in [0.4, 0.5) is 5.69 Å². The lowest BCUT2D eigenvalue weighted by atomic mass is 10.2. The predicted octanol–water partition coefficient (Wildman–Crippen LogP) is 5.23. The van der Waals surface area contributed by atoms with Crippen LogP contribution in [-0.4, -0.2) is 11.0 Å². The number of amides is 1. The fraction of sp³-hybridized carbons (Fsp3) is 0. The number of carbonyl (C=O) groups excluding carboxylic acids is 1. The summed E-state index contributed by atoms with van der Waals surface area (Å²) in [4.78, 5) is 23.4. The van der Waals surface area contributed by atoms with Gasteiger partial charge in [0.25, 0.3) is 0 Å². The molecule has 2 N–H and O–H groups in total. The number of anilines is 1. The molecule has 0 bridgehead atoms. The molecule has 0 spiro atoms. The first-order valence-electron chi connectivity index (χ1n) is 9.16. The van der Waals surface area contributed by atoms with Crippen LogP contribution in [0.3, 0.4) is 0 Å². The summed E-state index contributed by atoms with van der Waals surface area (Å²) in [6.45, 7) is 0. The molecule has 6 nitrogen and oxygen atoms in total. The second-order valence-electron chi connectivity index (χ2n) is 6.49. The molecule has 2 aromatic heterocycles. The largest absolute Gasteiger partial charge is 0.457 e. The van der Waals surface area contributed by atoms with Crippen LogP contribution in [-0.2, 0) is 4.79 Å². The van der Waals surface area contributed by atoms with E-state index in [0.717, 1.165) is 10.9 Å². The Hall–Kier alpha value is -3.68. The number of fused-ring (bicyclic) bond motifs is 1. The van der Waals surface area contributed by atoms with Gasteiger partial charge in [-0.15, -0.1) is 0 Å². The maximum Gasteiger partial charge on any atom is 0.336 e. The summed E-state index contributed by atoms with van der Waals surface area (Å²) >= 11 is 11.1. The van der Waals surface area contributed by atoms with E-state index in [-0.39, 0.29) is 5.11 Å². The van der Waals surface area contributed by atoms with Gasteiger partial charge in [0.2, 0.25) is 5.91 Å². The Bertz CT molecular complexity index is 1360. The van der Waals surface area contributed by atoms with Gasteiger partial charge in [-0.2, -0.15) is 0 Å². The highest BCUT2D eigenvalue weighted by atomic mass is 35.5. The maximum absolute atomic E-state index is 12.1. The van der Waals surface area contributed by atoms with Gasteiger partial charge in [0.1, 0.15) is 17.1 Å². The molecule has 0 radical (unpaired) electrons. The standard InChI is InChI=1S/C23H15ClN2O4S/c24-16-4-1-14(2-5-16)19-10-7-18(29-19)8-11-21(27)26-23(31)25-17-6-9-20-15(13-17)3-12-22(28)30-20/h1-13H,(H2,25,26,27,31). The van der Waals surface area contributed by atoms with Gasteiger partial charge in [0.05, 0.1) is 0 Å². The first-order valence-corrected chi connectivity index (χ1v) is 9.95. The fourth-order valence-electron chi connectivity index (χ4n) is 2.84. The summed E-state index contributed by atoms with van der Waals surface area (Å²) < 4.78 is 10.8. The van der Waals surface area contributed by atoms with Crippen LogP contribution in [0.5, 0.6) is 0 Å². The van der Waals surface area contributed by atoms with Crippen molar-refractivity contribution in [2.24, 2.45) is 0 Å². The summed E-state index contributed by atoms with van der Waals surface area (Å²) in [6, 6.07) is 18.9. The van der Waals surface area contributed by atoms with Crippen molar-refractivity contribution < 1.29 is 13.6 Å². The number of halogens is 1. The molecular weight excluding hydrogens is 436 g/mol. The van der Waals surface area contributed by atoms with Crippen LogP contribution in [0.25, 0.3) is 28.4 Å². The third-order valence-electron chi connectivity index (χ3n) is 4.27. The van der Waals surface area contributed by atoms with E-state index in [9.17, 15) is 9.59 Å². The van der Waals surface area contributed by atoms with Crippen molar-refractivity contribution in [2.45, 2.75) is 0 Å². The number of hydrogen-bond donors (Lipinski definition) is 2. The molecule has 0 atom stereocenters. The third kappa shape index (κ3) is 5.28. The van der Waals surface area contributed by atoms with E-state index in [2.05, 4.69) is 10.6 Å². The second-order valence-corrected chi connectivity index (χ2v) is 7.34. The highest BCUT2D eigenvalue weighted by molar-refractivity contribution is 7.80. The molecule has 0 aliphatic heterocycles. The zero-order valence-electron chi connectivity index (χ0n) is 15.9. The monoisotopic (exact) mass is 450 g/mol. The smallest absolute Gasteiger partial charge is 0.336 e. The van der Waals surface area contributed by atoms with Gasteiger partial charge in [-0.3, -0.25) is 10.1 Å². The van der Waals surface area contributed by atoms with Crippen LogP contribution >= 0.6 is 23.8 Å². The zero-order chi connectivity index (χ0) is 21.8. The molecule has 0 saturated heterocycles. The van der Waals surface area contributed by atoms with Crippen molar-refractivity contribution in [2.75, 3.05) is 5.32 Å². The molecule has 0 unspecified atom stereocenters. The fourth-order valence-corrected chi connectivity index (χ4v) is 3.18. The van der Waals surface area contributed by atoms with Gasteiger partial charge in [-0.1, -0.05) is 11.6 Å². The Morgan fingerprint density at radius 1 is 0.968 bits per heavy atom. The van der Waals surface area contributed by atoms with E-state index in [1.54, 1.807) is 48.5 Å². The van der Waals surface area contributed by atoms with E-state index >= 15 is 0 Å². The molecule has 31 heavy (non-hydrogen) atoms. The predicted molar refractivity (Wildman–Crippen MR) is 125 cm³/mol. The van der Waals surface area contributed by atoms with Gasteiger partial charge in [-0.05, 0) is 79.0 Å². The van der Waals surface area contributed by atoms with Crippen molar-refractivity contribution >= 4 is 57.6 Å². The van der Waals surface area contributed by atoms with Crippen molar-refractivity contribution in [3.63, 3.8) is 0 Å². The van der Waals surface area contributed by atoms with Crippen molar-refractivity contribution in [3.8, 4) is 11.3 Å². The van der Waals surface area contributed by atoms with Gasteiger partial charge in [0, 0.05) is 33.8 Å². The molecule has 8 heteroatoms. The molecule has 1 amide bonds. The summed E-state index contributed by atoms with van der Waals surface area (Å²) in [7, 11) is 0. The Morgan fingerprint density at radius 2 is 1.77 bits per heavy atom. The average Bonchev–Trinajstić information content (AvgIpc) is 3.22. The maximum atomic E-state index is 12.1. The van der Waals surface area contributed by atoms with E-state index in [1.165, 1.54) is 12.1 Å². The second kappa shape index (κ2) is 8.99. The van der Waals surface area contributed by atoms with Crippen molar-refractivity contribution in [3.05, 3.63) is 94.0 Å². The minimum Gasteiger partial charge on any atom is -0.457 e. The van der Waals surface area contributed by atoms with Crippen LogP contribution in [0.15, 0.2) is 86.4 Å². The molecule has 2 aromatic carbocycles. The molecule has 154 valence electrons. The molecule has 4 rings (SSSR count). The van der Waals surface area contributed by atoms with Crippen LogP contribution in [0, 0.1) is 0 Å². The minimum absolute atomic E-state index is 0.132. The Morgan fingerprint density at radius 3 is 2.58 bits per heavy atom. The Kier molecular flexibility index (Phi) is 5.97. The molecule has 0 fully saturated rings. The molecular formula is C23H15ClN2O4S. The van der Waals surface area contributed by atoms with E-state index in [0.29, 0.717) is 27.8 Å². The van der Waals surface area contributed by atoms with Gasteiger partial charge in [-0.25, -0.2) is 4.79 Å². The number of hydrogen-bond acceptors (Lipinski definition) is 5. The van der Waals surface area contributed by atoms with Gasteiger partial charge in [0.15, 0.2) is 5.11 Å². The highest BCUT2D eigenvalue weighted by Crippen LogP contribution is 2.24. The lowest BCUT2D eigenvalue weighted by Gasteiger charge is -2.08. The van der Waals surface area contributed by atoms with Crippen molar-refractivity contribution in [1.29, 1.82) is 0 Å². The normalized spacial score (nSPS) is 11.0. The van der Waals surface area contributed by atoms with E-state index in [1.807, 2.05) is 18.2 Å². The first-order chi connectivity index (χ1) is 15.0. The highest BCUT2D eigenvalue weighted by Gasteiger charge is 2.06. The van der Waals surface area contributed by atoms with Crippen LogP contribution in [0.1, 0.15) is 5.76 Å². The number of carbonyl (C=O) groups is 1. The average molecular weight is 451 g/mol. The zero-order valence-corrected chi connectivity index (χ0v) is 17.5. The molecule has 4 aromatic rings. The molecule has 0 aliphatic carbocycles. The third-order valence-corrected chi connectivity index (χ3v) is 4.72. The summed E-state index contributed by atoms with van der Waals surface area (Å²) in [5.41, 5.74) is 1.58. The quantitative estimate of drug-likeness (QED) is 0.251. The van der Waals surface area contributed by atoms with E-state index in [4.69, 9.17) is 32.7 Å². The number of nitrogens with one attached hydrogen (secondary N) is 2. The first kappa shape index (κ1) is 20.6. The number of rotatable bonds is 4. The minimum atomic E-state index is -0.417. The Labute approximate surface area is 187 Å². The number of thiocarbonyl (C=S) groups is 1. The number of benzene rings is 2. The van der Waals surface area contributed by atoms with Crippen LogP contribution < -0.4 is 16.3 Å². The molecule has 2 heterocycles. The van der Waals surface area contributed by atoms with Crippen molar-refractivity contribution in [1.82, 2.24) is 5.32 Å². The molecule has 0 aliphatic rings. The lowest BCUT2D eigenvalue weighted by Crippen LogP contribution is -2.32. The topological polar surface area (TPSA) is 84.5 Å².